The number of piperidine rings is 1. The van der Waals surface area contributed by atoms with Crippen LogP contribution in [0.2, 0.25) is 0 Å². The van der Waals surface area contributed by atoms with Gasteiger partial charge in [-0.05, 0) is 36.5 Å². The van der Waals surface area contributed by atoms with E-state index in [4.69, 9.17) is 5.26 Å². The Bertz CT molecular complexity index is 521. The first kappa shape index (κ1) is 14.7. The summed E-state index contributed by atoms with van der Waals surface area (Å²) in [6, 6.07) is 5.59. The third-order valence-corrected chi connectivity index (χ3v) is 3.66. The fourth-order valence-electron chi connectivity index (χ4n) is 2.93. The molecule has 1 aliphatic heterocycles. The van der Waals surface area contributed by atoms with Crippen molar-refractivity contribution < 1.29 is 13.2 Å². The first-order valence-electron chi connectivity index (χ1n) is 6.67. The van der Waals surface area contributed by atoms with Crippen LogP contribution in [-0.4, -0.2) is 13.1 Å². The van der Waals surface area contributed by atoms with Crippen LogP contribution in [0.25, 0.3) is 0 Å². The molecule has 1 aromatic carbocycles. The Labute approximate surface area is 116 Å². The van der Waals surface area contributed by atoms with Gasteiger partial charge in [-0.25, -0.2) is 0 Å². The summed E-state index contributed by atoms with van der Waals surface area (Å²) in [5, 5.41) is 8.80. The van der Waals surface area contributed by atoms with Gasteiger partial charge in [-0.1, -0.05) is 13.8 Å². The lowest BCUT2D eigenvalue weighted by atomic mass is 9.91. The van der Waals surface area contributed by atoms with Crippen LogP contribution in [-0.2, 0) is 6.18 Å². The second-order valence-corrected chi connectivity index (χ2v) is 5.69. The maximum absolute atomic E-state index is 13.0. The van der Waals surface area contributed by atoms with Gasteiger partial charge in [0.1, 0.15) is 0 Å². The number of rotatable bonds is 1. The van der Waals surface area contributed by atoms with Crippen molar-refractivity contribution in [3.8, 4) is 6.07 Å². The topological polar surface area (TPSA) is 27.0 Å². The van der Waals surface area contributed by atoms with Crippen molar-refractivity contribution in [2.45, 2.75) is 26.4 Å². The number of anilines is 1. The molecule has 0 radical (unpaired) electrons. The molecule has 1 aromatic rings. The van der Waals surface area contributed by atoms with E-state index < -0.39 is 11.7 Å². The van der Waals surface area contributed by atoms with Gasteiger partial charge in [0.05, 0.1) is 17.2 Å². The molecule has 0 bridgehead atoms. The third kappa shape index (κ3) is 3.06. The van der Waals surface area contributed by atoms with Gasteiger partial charge in [-0.3, -0.25) is 0 Å². The zero-order chi connectivity index (χ0) is 14.9. The van der Waals surface area contributed by atoms with E-state index in [1.807, 2.05) is 4.90 Å². The smallest absolute Gasteiger partial charge is 0.371 e. The van der Waals surface area contributed by atoms with Crippen molar-refractivity contribution in [2.24, 2.45) is 11.8 Å². The van der Waals surface area contributed by atoms with Gasteiger partial charge < -0.3 is 4.90 Å². The molecule has 0 spiro atoms. The lowest BCUT2D eigenvalue weighted by molar-refractivity contribution is -0.137. The van der Waals surface area contributed by atoms with E-state index in [9.17, 15) is 13.2 Å². The third-order valence-electron chi connectivity index (χ3n) is 3.66. The molecule has 108 valence electrons. The largest absolute Gasteiger partial charge is 0.417 e. The highest BCUT2D eigenvalue weighted by Gasteiger charge is 2.34. The zero-order valence-corrected chi connectivity index (χ0v) is 11.5. The number of alkyl halides is 3. The molecule has 0 saturated carbocycles. The average molecular weight is 282 g/mol. The van der Waals surface area contributed by atoms with Crippen LogP contribution in [0.4, 0.5) is 18.9 Å². The van der Waals surface area contributed by atoms with Gasteiger partial charge in [0.25, 0.3) is 0 Å². The standard InChI is InChI=1S/C15H17F3N2/c1-10-5-11(2)9-20(8-10)13-4-3-12(7-19)14(6-13)15(16,17)18/h3-4,6,10-11H,5,8-9H2,1-2H3. The van der Waals surface area contributed by atoms with Crippen molar-refractivity contribution >= 4 is 5.69 Å². The van der Waals surface area contributed by atoms with Crippen LogP contribution in [0.15, 0.2) is 18.2 Å². The molecule has 1 aliphatic rings. The summed E-state index contributed by atoms with van der Waals surface area (Å²) in [7, 11) is 0. The van der Waals surface area contributed by atoms with Gasteiger partial charge in [0, 0.05) is 18.8 Å². The molecule has 0 amide bonds. The maximum Gasteiger partial charge on any atom is 0.417 e. The summed E-state index contributed by atoms with van der Waals surface area (Å²) < 4.78 is 38.9. The van der Waals surface area contributed by atoms with Crippen LogP contribution < -0.4 is 4.90 Å². The Morgan fingerprint density at radius 2 is 1.80 bits per heavy atom. The monoisotopic (exact) mass is 282 g/mol. The Hall–Kier alpha value is -1.70. The maximum atomic E-state index is 13.0. The van der Waals surface area contributed by atoms with E-state index in [2.05, 4.69) is 13.8 Å². The number of hydrogen-bond acceptors (Lipinski definition) is 2. The second kappa shape index (κ2) is 5.35. The SMILES string of the molecule is CC1CC(C)CN(c2ccc(C#N)c(C(F)(F)F)c2)C1. The summed E-state index contributed by atoms with van der Waals surface area (Å²) in [4.78, 5) is 1.98. The van der Waals surface area contributed by atoms with Gasteiger partial charge in [-0.2, -0.15) is 18.4 Å². The Morgan fingerprint density at radius 1 is 1.20 bits per heavy atom. The molecule has 1 saturated heterocycles. The first-order valence-corrected chi connectivity index (χ1v) is 6.67. The highest BCUT2D eigenvalue weighted by atomic mass is 19.4. The number of halogens is 3. The molecule has 20 heavy (non-hydrogen) atoms. The minimum atomic E-state index is -4.49. The summed E-state index contributed by atoms with van der Waals surface area (Å²) in [6.45, 7) is 5.73. The molecule has 1 heterocycles. The van der Waals surface area contributed by atoms with E-state index in [0.29, 0.717) is 17.5 Å². The van der Waals surface area contributed by atoms with Crippen LogP contribution in [0.1, 0.15) is 31.4 Å². The predicted molar refractivity (Wildman–Crippen MR) is 71.3 cm³/mol. The van der Waals surface area contributed by atoms with E-state index in [1.54, 1.807) is 12.1 Å². The van der Waals surface area contributed by atoms with Crippen LogP contribution in [0.3, 0.4) is 0 Å². The number of nitrogens with zero attached hydrogens (tertiary/aromatic N) is 2. The molecule has 2 unspecified atom stereocenters. The molecular weight excluding hydrogens is 265 g/mol. The molecular formula is C15H17F3N2. The first-order chi connectivity index (χ1) is 9.31. The van der Waals surface area contributed by atoms with Crippen molar-refractivity contribution in [3.05, 3.63) is 29.3 Å². The quantitative estimate of drug-likeness (QED) is 0.776. The predicted octanol–water partition coefficient (Wildman–Crippen LogP) is 4.06. The number of nitriles is 1. The van der Waals surface area contributed by atoms with Crippen LogP contribution in [0.5, 0.6) is 0 Å². The number of benzene rings is 1. The minimum absolute atomic E-state index is 0.320. The summed E-state index contributed by atoms with van der Waals surface area (Å²) in [6.07, 6.45) is -3.40. The zero-order valence-electron chi connectivity index (χ0n) is 11.5. The summed E-state index contributed by atoms with van der Waals surface area (Å²) in [5.74, 6) is 0.924. The highest BCUT2D eigenvalue weighted by molar-refractivity contribution is 5.55. The fourth-order valence-corrected chi connectivity index (χ4v) is 2.93. The lowest BCUT2D eigenvalue weighted by Gasteiger charge is -2.37. The molecule has 2 atom stereocenters. The van der Waals surface area contributed by atoms with Crippen LogP contribution in [0, 0.1) is 23.2 Å². The lowest BCUT2D eigenvalue weighted by Crippen LogP contribution is -2.38. The van der Waals surface area contributed by atoms with Gasteiger partial charge in [0.2, 0.25) is 0 Å². The van der Waals surface area contributed by atoms with Gasteiger partial charge >= 0.3 is 6.18 Å². The Morgan fingerprint density at radius 3 is 2.30 bits per heavy atom. The van der Waals surface area contributed by atoms with Gasteiger partial charge in [0.15, 0.2) is 0 Å². The molecule has 0 aliphatic carbocycles. The molecule has 5 heteroatoms. The fraction of sp³-hybridized carbons (Fsp3) is 0.533. The van der Waals surface area contributed by atoms with Crippen LogP contribution >= 0.6 is 0 Å². The van der Waals surface area contributed by atoms with E-state index in [0.717, 1.165) is 25.6 Å². The highest BCUT2D eigenvalue weighted by Crippen LogP contribution is 2.35. The van der Waals surface area contributed by atoms with Crippen molar-refractivity contribution in [3.63, 3.8) is 0 Å². The molecule has 2 rings (SSSR count). The average Bonchev–Trinajstić information content (AvgIpc) is 2.35. The van der Waals surface area contributed by atoms with Gasteiger partial charge in [-0.15, -0.1) is 0 Å². The Kier molecular flexibility index (Phi) is 3.94. The second-order valence-electron chi connectivity index (χ2n) is 5.69. The molecule has 0 aromatic heterocycles. The van der Waals surface area contributed by atoms with Crippen molar-refractivity contribution in [1.82, 2.24) is 0 Å². The Balaban J connectivity index is 2.36. The van der Waals surface area contributed by atoms with E-state index in [1.165, 1.54) is 6.07 Å². The van der Waals surface area contributed by atoms with E-state index in [-0.39, 0.29) is 5.56 Å². The van der Waals surface area contributed by atoms with Crippen molar-refractivity contribution in [2.75, 3.05) is 18.0 Å². The molecule has 0 N–H and O–H groups in total. The van der Waals surface area contributed by atoms with E-state index >= 15 is 0 Å². The molecule has 1 fully saturated rings. The summed E-state index contributed by atoms with van der Waals surface area (Å²) in [5.41, 5.74) is -0.613. The summed E-state index contributed by atoms with van der Waals surface area (Å²) >= 11 is 0. The normalized spacial score (nSPS) is 23.5. The molecule has 2 nitrogen and oxygen atoms in total. The van der Waals surface area contributed by atoms with Crippen molar-refractivity contribution in [1.29, 1.82) is 5.26 Å². The minimum Gasteiger partial charge on any atom is -0.371 e. The number of hydrogen-bond donors (Lipinski definition) is 0.